The number of pyridine rings is 1. The maximum absolute atomic E-state index is 13.9. The number of benzene rings is 2. The van der Waals surface area contributed by atoms with Gasteiger partial charge in [0.1, 0.15) is 17.2 Å². The molecule has 0 N–H and O–H groups in total. The van der Waals surface area contributed by atoms with Gasteiger partial charge in [-0.1, -0.05) is 42.5 Å². The Labute approximate surface area is 194 Å². The van der Waals surface area contributed by atoms with Crippen LogP contribution in [-0.4, -0.2) is 48.1 Å². The molecule has 3 aromatic rings. The average Bonchev–Trinajstić information content (AvgIpc) is 2.82. The van der Waals surface area contributed by atoms with Gasteiger partial charge in [-0.05, 0) is 48.7 Å². The third-order valence-electron chi connectivity index (χ3n) is 5.80. The van der Waals surface area contributed by atoms with Gasteiger partial charge in [-0.2, -0.15) is 0 Å². The molecular weight excluding hydrogens is 417 g/mol. The topological polar surface area (TPSA) is 45.7 Å². The minimum absolute atomic E-state index is 0.159. The van der Waals surface area contributed by atoms with Gasteiger partial charge in [0.15, 0.2) is 0 Å². The molecule has 5 nitrogen and oxygen atoms in total. The molecule has 4 rings (SSSR count). The average molecular weight is 448 g/mol. The summed E-state index contributed by atoms with van der Waals surface area (Å²) in [6, 6.07) is 18.9. The lowest BCUT2D eigenvalue weighted by atomic mass is 10.0. The Morgan fingerprint density at radius 1 is 0.970 bits per heavy atom. The van der Waals surface area contributed by atoms with E-state index >= 15 is 0 Å². The Morgan fingerprint density at radius 2 is 1.67 bits per heavy atom. The molecule has 0 unspecified atom stereocenters. The van der Waals surface area contributed by atoms with Crippen LogP contribution in [0.3, 0.4) is 0 Å². The van der Waals surface area contributed by atoms with Crippen molar-refractivity contribution in [2.45, 2.75) is 32.9 Å². The molecule has 0 bridgehead atoms. The maximum Gasteiger partial charge on any atom is 0.342 e. The maximum atomic E-state index is 13.9. The van der Waals surface area contributed by atoms with Gasteiger partial charge in [0.25, 0.3) is 0 Å². The molecule has 0 saturated carbocycles. The molecule has 0 aliphatic carbocycles. The summed E-state index contributed by atoms with van der Waals surface area (Å²) in [5.41, 5.74) is 3.57. The number of halogens is 1. The van der Waals surface area contributed by atoms with Gasteiger partial charge < -0.3 is 9.64 Å². The third kappa shape index (κ3) is 5.96. The number of hydrogen-bond acceptors (Lipinski definition) is 5. The number of aromatic nitrogens is 1. The second-order valence-corrected chi connectivity index (χ2v) is 8.68. The summed E-state index contributed by atoms with van der Waals surface area (Å²) < 4.78 is 19.3. The number of hydrogen-bond donors (Lipinski definition) is 0. The van der Waals surface area contributed by atoms with E-state index in [0.717, 1.165) is 38.3 Å². The summed E-state index contributed by atoms with van der Waals surface area (Å²) >= 11 is 0. The van der Waals surface area contributed by atoms with Crippen LogP contribution in [0.5, 0.6) is 0 Å². The van der Waals surface area contributed by atoms with Crippen LogP contribution in [0.25, 0.3) is 0 Å². The van der Waals surface area contributed by atoms with Gasteiger partial charge in [-0.25, -0.2) is 14.2 Å². The first-order chi connectivity index (χ1) is 16.0. The highest BCUT2D eigenvalue weighted by molar-refractivity contribution is 5.94. The fourth-order valence-electron chi connectivity index (χ4n) is 4.09. The second-order valence-electron chi connectivity index (χ2n) is 8.68. The monoisotopic (exact) mass is 447 g/mol. The van der Waals surface area contributed by atoms with E-state index in [4.69, 9.17) is 4.74 Å². The van der Waals surface area contributed by atoms with Gasteiger partial charge in [0.2, 0.25) is 0 Å². The Bertz CT molecular complexity index is 1080. The summed E-state index contributed by atoms with van der Waals surface area (Å²) in [6.45, 7) is 7.91. The van der Waals surface area contributed by atoms with Gasteiger partial charge in [0.05, 0.1) is 6.10 Å². The van der Waals surface area contributed by atoms with Crippen molar-refractivity contribution in [3.05, 3.63) is 94.9 Å². The van der Waals surface area contributed by atoms with Crippen LogP contribution in [0.1, 0.15) is 40.9 Å². The van der Waals surface area contributed by atoms with Crippen molar-refractivity contribution < 1.29 is 13.9 Å². The summed E-state index contributed by atoms with van der Waals surface area (Å²) in [7, 11) is 0. The lowest BCUT2D eigenvalue weighted by Crippen LogP contribution is -2.46. The number of esters is 1. The van der Waals surface area contributed by atoms with E-state index < -0.39 is 0 Å². The molecule has 172 valence electrons. The van der Waals surface area contributed by atoms with E-state index in [1.165, 1.54) is 11.6 Å². The largest absolute Gasteiger partial charge is 0.459 e. The van der Waals surface area contributed by atoms with E-state index in [0.29, 0.717) is 23.4 Å². The number of rotatable bonds is 7. The van der Waals surface area contributed by atoms with Crippen molar-refractivity contribution in [1.82, 2.24) is 9.88 Å². The van der Waals surface area contributed by atoms with Crippen molar-refractivity contribution in [1.29, 1.82) is 0 Å². The highest BCUT2D eigenvalue weighted by Gasteiger charge is 2.23. The van der Waals surface area contributed by atoms with Crippen LogP contribution in [-0.2, 0) is 17.7 Å². The van der Waals surface area contributed by atoms with Crippen molar-refractivity contribution in [2.75, 3.05) is 31.1 Å². The quantitative estimate of drug-likeness (QED) is 0.492. The molecule has 1 aliphatic heterocycles. The summed E-state index contributed by atoms with van der Waals surface area (Å²) in [5.74, 6) is 0.208. The van der Waals surface area contributed by atoms with Crippen molar-refractivity contribution in [2.24, 2.45) is 0 Å². The molecule has 0 radical (unpaired) electrons. The number of piperazine rings is 1. The van der Waals surface area contributed by atoms with Crippen molar-refractivity contribution >= 4 is 11.8 Å². The first-order valence-corrected chi connectivity index (χ1v) is 11.4. The van der Waals surface area contributed by atoms with E-state index in [1.54, 1.807) is 24.4 Å². The van der Waals surface area contributed by atoms with Crippen LogP contribution in [0.4, 0.5) is 10.2 Å². The third-order valence-corrected chi connectivity index (χ3v) is 5.80. The number of carbonyl (C=O) groups is 1. The van der Waals surface area contributed by atoms with Crippen LogP contribution < -0.4 is 4.90 Å². The summed E-state index contributed by atoms with van der Waals surface area (Å²) in [5, 5.41) is 0. The first-order valence-electron chi connectivity index (χ1n) is 11.4. The molecule has 33 heavy (non-hydrogen) atoms. The highest BCUT2D eigenvalue weighted by atomic mass is 19.1. The van der Waals surface area contributed by atoms with E-state index in [1.807, 2.05) is 26.0 Å². The van der Waals surface area contributed by atoms with Crippen molar-refractivity contribution in [3.63, 3.8) is 0 Å². The Hall–Kier alpha value is -3.25. The Morgan fingerprint density at radius 3 is 2.36 bits per heavy atom. The molecule has 1 saturated heterocycles. The van der Waals surface area contributed by atoms with Gasteiger partial charge in [0, 0.05) is 45.3 Å². The molecule has 0 spiro atoms. The highest BCUT2D eigenvalue weighted by Crippen LogP contribution is 2.21. The van der Waals surface area contributed by atoms with Gasteiger partial charge in [-0.3, -0.25) is 4.90 Å². The van der Waals surface area contributed by atoms with E-state index in [-0.39, 0.29) is 17.9 Å². The number of ether oxygens (including phenoxy) is 1. The Kier molecular flexibility index (Phi) is 7.35. The lowest BCUT2D eigenvalue weighted by Gasteiger charge is -2.36. The zero-order valence-electron chi connectivity index (χ0n) is 19.2. The molecule has 0 atom stereocenters. The lowest BCUT2D eigenvalue weighted by molar-refractivity contribution is 0.0378. The predicted octanol–water partition coefficient (Wildman–Crippen LogP) is 4.70. The molecule has 1 aliphatic rings. The van der Waals surface area contributed by atoms with Gasteiger partial charge in [-0.15, -0.1) is 0 Å². The molecule has 6 heteroatoms. The van der Waals surface area contributed by atoms with E-state index in [9.17, 15) is 9.18 Å². The zero-order valence-corrected chi connectivity index (χ0v) is 19.2. The zero-order chi connectivity index (χ0) is 23.2. The molecule has 2 heterocycles. The molecule has 1 aromatic heterocycles. The fourth-order valence-corrected chi connectivity index (χ4v) is 4.09. The van der Waals surface area contributed by atoms with Crippen LogP contribution in [0.15, 0.2) is 66.9 Å². The normalized spacial score (nSPS) is 14.5. The SMILES string of the molecule is CC(C)OC(=O)c1cccnc1N1CCN(Cc2ccc(Cc3ccccc3F)cc2)CC1. The first kappa shape index (κ1) is 22.9. The van der Waals surface area contributed by atoms with Crippen LogP contribution >= 0.6 is 0 Å². The molecule has 2 aromatic carbocycles. The number of carbonyl (C=O) groups excluding carboxylic acids is 1. The van der Waals surface area contributed by atoms with Crippen LogP contribution in [0, 0.1) is 5.82 Å². The fraction of sp³-hybridized carbons (Fsp3) is 0.333. The molecule has 1 fully saturated rings. The predicted molar refractivity (Wildman–Crippen MR) is 128 cm³/mol. The standard InChI is InChI=1S/C27H30FN3O2/c1-20(2)33-27(32)24-7-5-13-29-26(24)31-16-14-30(15-17-31)19-22-11-9-21(10-12-22)18-23-6-3-4-8-25(23)28/h3-13,20H,14-19H2,1-2H3. The van der Waals surface area contributed by atoms with E-state index in [2.05, 4.69) is 39.0 Å². The number of anilines is 1. The molecular formula is C27H30FN3O2. The Balaban J connectivity index is 1.33. The smallest absolute Gasteiger partial charge is 0.342 e. The minimum atomic E-state index is -0.328. The number of nitrogens with zero attached hydrogens (tertiary/aromatic N) is 3. The minimum Gasteiger partial charge on any atom is -0.459 e. The summed E-state index contributed by atoms with van der Waals surface area (Å²) in [6.07, 6.45) is 2.15. The molecule has 0 amide bonds. The summed E-state index contributed by atoms with van der Waals surface area (Å²) in [4.78, 5) is 21.5. The second kappa shape index (κ2) is 10.6. The van der Waals surface area contributed by atoms with Crippen LogP contribution in [0.2, 0.25) is 0 Å². The van der Waals surface area contributed by atoms with Gasteiger partial charge >= 0.3 is 5.97 Å². The van der Waals surface area contributed by atoms with Crippen molar-refractivity contribution in [3.8, 4) is 0 Å².